The molecule has 0 aromatic carbocycles. The van der Waals surface area contributed by atoms with E-state index in [0.717, 1.165) is 6.54 Å². The van der Waals surface area contributed by atoms with Crippen LogP contribution in [0.3, 0.4) is 0 Å². The van der Waals surface area contributed by atoms with Crippen LogP contribution in [0, 0.1) is 5.92 Å². The molecule has 2 rings (SSSR count). The van der Waals surface area contributed by atoms with Gasteiger partial charge >= 0.3 is 0 Å². The Kier molecular flexibility index (Phi) is 5.39. The lowest BCUT2D eigenvalue weighted by Gasteiger charge is -2.22. The largest absolute Gasteiger partial charge is 0.336 e. The molecule has 0 saturated carbocycles. The standard InChI is InChI=1S/C14H20N6O/c1-11(2)12(9-20-6-5-16-10-20)18-8-14(21)19-13-7-15-3-4-17-13/h3-7,10-12,18H,8-9H2,1-2H3,(H,17,19,21)/t12-/m0/s1. The summed E-state index contributed by atoms with van der Waals surface area (Å²) < 4.78 is 2.00. The summed E-state index contributed by atoms with van der Waals surface area (Å²) in [7, 11) is 0. The molecular weight excluding hydrogens is 268 g/mol. The van der Waals surface area contributed by atoms with Crippen molar-refractivity contribution in [2.75, 3.05) is 11.9 Å². The summed E-state index contributed by atoms with van der Waals surface area (Å²) in [5.41, 5.74) is 0. The van der Waals surface area contributed by atoms with E-state index in [1.807, 2.05) is 10.8 Å². The number of amides is 1. The smallest absolute Gasteiger partial charge is 0.239 e. The van der Waals surface area contributed by atoms with E-state index >= 15 is 0 Å². The topological polar surface area (TPSA) is 84.7 Å². The van der Waals surface area contributed by atoms with E-state index in [4.69, 9.17) is 0 Å². The predicted octanol–water partition coefficient (Wildman–Crippen LogP) is 0.926. The number of hydrogen-bond donors (Lipinski definition) is 2. The van der Waals surface area contributed by atoms with E-state index in [0.29, 0.717) is 11.7 Å². The first-order valence-electron chi connectivity index (χ1n) is 6.90. The lowest BCUT2D eigenvalue weighted by molar-refractivity contribution is -0.115. The summed E-state index contributed by atoms with van der Waals surface area (Å²) in [6.07, 6.45) is 10.1. The van der Waals surface area contributed by atoms with E-state index in [1.54, 1.807) is 24.9 Å². The molecule has 2 aromatic rings. The number of nitrogens with one attached hydrogen (secondary N) is 2. The van der Waals surface area contributed by atoms with Crippen molar-refractivity contribution in [2.24, 2.45) is 5.92 Å². The molecule has 0 aliphatic heterocycles. The van der Waals surface area contributed by atoms with Gasteiger partial charge in [0.2, 0.25) is 5.91 Å². The highest BCUT2D eigenvalue weighted by Gasteiger charge is 2.15. The average Bonchev–Trinajstić information content (AvgIpc) is 2.97. The number of imidazole rings is 1. The molecule has 1 atom stereocenters. The fourth-order valence-corrected chi connectivity index (χ4v) is 1.91. The van der Waals surface area contributed by atoms with Gasteiger partial charge in [0.05, 0.1) is 19.1 Å². The van der Waals surface area contributed by atoms with Gasteiger partial charge < -0.3 is 15.2 Å². The van der Waals surface area contributed by atoms with Crippen LogP contribution < -0.4 is 10.6 Å². The van der Waals surface area contributed by atoms with Crippen LogP contribution in [0.1, 0.15) is 13.8 Å². The van der Waals surface area contributed by atoms with Crippen molar-refractivity contribution in [3.8, 4) is 0 Å². The maximum absolute atomic E-state index is 11.9. The van der Waals surface area contributed by atoms with Crippen molar-refractivity contribution in [1.82, 2.24) is 24.8 Å². The van der Waals surface area contributed by atoms with Gasteiger partial charge in [0.15, 0.2) is 5.82 Å². The number of aromatic nitrogens is 4. The van der Waals surface area contributed by atoms with E-state index in [1.165, 1.54) is 6.20 Å². The van der Waals surface area contributed by atoms with E-state index in [9.17, 15) is 4.79 Å². The summed E-state index contributed by atoms with van der Waals surface area (Å²) in [4.78, 5) is 23.8. The Morgan fingerprint density at radius 3 is 2.76 bits per heavy atom. The second-order valence-corrected chi connectivity index (χ2v) is 5.13. The Morgan fingerprint density at radius 1 is 1.29 bits per heavy atom. The summed E-state index contributed by atoms with van der Waals surface area (Å²) in [5, 5.41) is 5.97. The van der Waals surface area contributed by atoms with E-state index in [2.05, 4.69) is 39.4 Å². The zero-order chi connectivity index (χ0) is 15.1. The molecule has 2 aromatic heterocycles. The molecule has 0 bridgehead atoms. The summed E-state index contributed by atoms with van der Waals surface area (Å²) >= 11 is 0. The Morgan fingerprint density at radius 2 is 2.14 bits per heavy atom. The maximum atomic E-state index is 11.9. The van der Waals surface area contributed by atoms with E-state index in [-0.39, 0.29) is 18.5 Å². The van der Waals surface area contributed by atoms with Gasteiger partial charge in [-0.15, -0.1) is 0 Å². The van der Waals surface area contributed by atoms with Crippen molar-refractivity contribution in [2.45, 2.75) is 26.4 Å². The second-order valence-electron chi connectivity index (χ2n) is 5.13. The molecule has 0 aliphatic carbocycles. The molecule has 112 valence electrons. The zero-order valence-corrected chi connectivity index (χ0v) is 12.2. The third-order valence-corrected chi connectivity index (χ3v) is 3.13. The molecule has 0 aliphatic rings. The minimum absolute atomic E-state index is 0.133. The molecule has 21 heavy (non-hydrogen) atoms. The van der Waals surface area contributed by atoms with Crippen molar-refractivity contribution >= 4 is 11.7 Å². The average molecular weight is 288 g/mol. The van der Waals surface area contributed by atoms with Crippen LogP contribution >= 0.6 is 0 Å². The number of hydrogen-bond acceptors (Lipinski definition) is 5. The highest BCUT2D eigenvalue weighted by molar-refractivity contribution is 5.91. The SMILES string of the molecule is CC(C)[C@H](Cn1ccnc1)NCC(=O)Nc1cnccn1. The first-order chi connectivity index (χ1) is 10.1. The molecule has 0 saturated heterocycles. The molecule has 0 radical (unpaired) electrons. The molecule has 1 amide bonds. The van der Waals surface area contributed by atoms with Gasteiger partial charge in [-0.05, 0) is 5.92 Å². The van der Waals surface area contributed by atoms with Gasteiger partial charge in [0.1, 0.15) is 0 Å². The molecule has 2 N–H and O–H groups in total. The van der Waals surface area contributed by atoms with Gasteiger partial charge in [-0.1, -0.05) is 13.8 Å². The fraction of sp³-hybridized carbons (Fsp3) is 0.429. The Bertz CT molecular complexity index is 540. The van der Waals surface area contributed by atoms with Crippen molar-refractivity contribution in [3.63, 3.8) is 0 Å². The van der Waals surface area contributed by atoms with Gasteiger partial charge in [-0.25, -0.2) is 9.97 Å². The summed E-state index contributed by atoms with van der Waals surface area (Å²) in [6.45, 7) is 5.24. The normalized spacial score (nSPS) is 12.3. The van der Waals surface area contributed by atoms with Crippen LogP contribution in [0.5, 0.6) is 0 Å². The molecule has 2 heterocycles. The predicted molar refractivity (Wildman–Crippen MR) is 79.5 cm³/mol. The van der Waals surface area contributed by atoms with Gasteiger partial charge in [-0.3, -0.25) is 9.78 Å². The maximum Gasteiger partial charge on any atom is 0.239 e. The quantitative estimate of drug-likeness (QED) is 0.791. The lowest BCUT2D eigenvalue weighted by atomic mass is 10.0. The van der Waals surface area contributed by atoms with E-state index < -0.39 is 0 Å². The second kappa shape index (κ2) is 7.49. The van der Waals surface area contributed by atoms with Crippen molar-refractivity contribution in [3.05, 3.63) is 37.3 Å². The zero-order valence-electron chi connectivity index (χ0n) is 12.2. The van der Waals surface area contributed by atoms with Crippen molar-refractivity contribution < 1.29 is 4.79 Å². The minimum Gasteiger partial charge on any atom is -0.336 e. The van der Waals surface area contributed by atoms with Gasteiger partial charge in [0, 0.05) is 37.4 Å². The summed E-state index contributed by atoms with van der Waals surface area (Å²) in [6, 6.07) is 0.187. The van der Waals surface area contributed by atoms with Crippen LogP contribution in [0.25, 0.3) is 0 Å². The molecular formula is C14H20N6O. The number of carbonyl (C=O) groups excluding carboxylic acids is 1. The number of anilines is 1. The molecule has 0 spiro atoms. The first kappa shape index (κ1) is 15.1. The van der Waals surface area contributed by atoms with Crippen LogP contribution in [0.4, 0.5) is 5.82 Å². The van der Waals surface area contributed by atoms with Crippen LogP contribution in [-0.2, 0) is 11.3 Å². The monoisotopic (exact) mass is 288 g/mol. The Hall–Kier alpha value is -2.28. The minimum atomic E-state index is -0.133. The third kappa shape index (κ3) is 4.96. The van der Waals surface area contributed by atoms with Gasteiger partial charge in [-0.2, -0.15) is 0 Å². The Labute approximate surface area is 123 Å². The third-order valence-electron chi connectivity index (χ3n) is 3.13. The molecule has 0 unspecified atom stereocenters. The number of carbonyl (C=O) groups is 1. The lowest BCUT2D eigenvalue weighted by Crippen LogP contribution is -2.41. The van der Waals surface area contributed by atoms with Crippen LogP contribution in [-0.4, -0.2) is 38.0 Å². The Balaban J connectivity index is 1.82. The highest BCUT2D eigenvalue weighted by atomic mass is 16.2. The highest BCUT2D eigenvalue weighted by Crippen LogP contribution is 2.05. The van der Waals surface area contributed by atoms with Crippen molar-refractivity contribution in [1.29, 1.82) is 0 Å². The number of rotatable bonds is 7. The first-order valence-corrected chi connectivity index (χ1v) is 6.90. The van der Waals surface area contributed by atoms with Crippen LogP contribution in [0.2, 0.25) is 0 Å². The summed E-state index contributed by atoms with van der Waals surface area (Å²) in [5.74, 6) is 0.725. The number of nitrogens with zero attached hydrogens (tertiary/aromatic N) is 4. The van der Waals surface area contributed by atoms with Crippen LogP contribution in [0.15, 0.2) is 37.3 Å². The fourth-order valence-electron chi connectivity index (χ4n) is 1.91. The molecule has 7 heteroatoms. The molecule has 0 fully saturated rings. The van der Waals surface area contributed by atoms with Gasteiger partial charge in [0.25, 0.3) is 0 Å². The molecule has 7 nitrogen and oxygen atoms in total.